The van der Waals surface area contributed by atoms with Gasteiger partial charge >= 0.3 is 0 Å². The van der Waals surface area contributed by atoms with E-state index in [4.69, 9.17) is 10.00 Å². The minimum atomic E-state index is 0.346. The summed E-state index contributed by atoms with van der Waals surface area (Å²) in [6.45, 7) is 2.42. The summed E-state index contributed by atoms with van der Waals surface area (Å²) in [7, 11) is 0. The van der Waals surface area contributed by atoms with Crippen LogP contribution >= 0.6 is 15.9 Å². The van der Waals surface area contributed by atoms with E-state index < -0.39 is 0 Å². The van der Waals surface area contributed by atoms with Crippen molar-refractivity contribution in [3.05, 3.63) is 23.5 Å². The number of hydrogen-bond donors (Lipinski definition) is 0. The zero-order valence-electron chi connectivity index (χ0n) is 7.25. The topological polar surface area (TPSA) is 45.9 Å². The van der Waals surface area contributed by atoms with E-state index >= 15 is 0 Å². The molecule has 0 aliphatic rings. The van der Waals surface area contributed by atoms with Crippen LogP contribution in [0.1, 0.15) is 18.2 Å². The summed E-state index contributed by atoms with van der Waals surface area (Å²) in [6.07, 6.45) is 1.61. The molecule has 0 radical (unpaired) electrons. The summed E-state index contributed by atoms with van der Waals surface area (Å²) in [5, 5.41) is 9.42. The quantitative estimate of drug-likeness (QED) is 0.762. The zero-order valence-corrected chi connectivity index (χ0v) is 8.84. The maximum atomic E-state index is 8.76. The number of aromatic nitrogens is 1. The van der Waals surface area contributed by atoms with Gasteiger partial charge < -0.3 is 4.74 Å². The van der Waals surface area contributed by atoms with E-state index in [1.54, 1.807) is 6.20 Å². The Labute approximate surface area is 85.5 Å². The number of nitriles is 1. The SMILES string of the molecule is CCOc1c(CBr)ccnc1C#N. The van der Waals surface area contributed by atoms with Crippen LogP contribution in [0.3, 0.4) is 0 Å². The molecule has 1 aromatic rings. The molecule has 0 unspecified atom stereocenters. The number of hydrogen-bond acceptors (Lipinski definition) is 3. The van der Waals surface area contributed by atoms with Crippen LogP contribution in [-0.4, -0.2) is 11.6 Å². The van der Waals surface area contributed by atoms with Crippen molar-refractivity contribution in [2.24, 2.45) is 0 Å². The molecule has 0 amide bonds. The highest BCUT2D eigenvalue weighted by molar-refractivity contribution is 9.08. The number of alkyl halides is 1. The molecule has 0 fully saturated rings. The molecule has 0 atom stereocenters. The average Bonchev–Trinajstić information content (AvgIpc) is 2.18. The Morgan fingerprint density at radius 3 is 3.00 bits per heavy atom. The fraction of sp³-hybridized carbons (Fsp3) is 0.333. The Morgan fingerprint density at radius 2 is 2.46 bits per heavy atom. The normalized spacial score (nSPS) is 9.31. The third-order valence-corrected chi connectivity index (χ3v) is 2.13. The number of pyridine rings is 1. The Kier molecular flexibility index (Phi) is 3.71. The van der Waals surface area contributed by atoms with Crippen LogP contribution in [0.5, 0.6) is 5.75 Å². The minimum Gasteiger partial charge on any atom is -0.491 e. The van der Waals surface area contributed by atoms with Crippen LogP contribution in [0, 0.1) is 11.3 Å². The molecular formula is C9H9BrN2O. The standard InChI is InChI=1S/C9H9BrN2O/c1-2-13-9-7(5-10)3-4-12-8(9)6-11/h3-4H,2,5H2,1H3. The van der Waals surface area contributed by atoms with Gasteiger partial charge in [0.25, 0.3) is 0 Å². The lowest BCUT2D eigenvalue weighted by Crippen LogP contribution is -1.99. The Morgan fingerprint density at radius 1 is 1.69 bits per heavy atom. The first-order valence-corrected chi connectivity index (χ1v) is 5.02. The van der Waals surface area contributed by atoms with Crippen molar-refractivity contribution in [1.82, 2.24) is 4.98 Å². The van der Waals surface area contributed by atoms with Gasteiger partial charge in [0.15, 0.2) is 11.4 Å². The van der Waals surface area contributed by atoms with E-state index in [-0.39, 0.29) is 0 Å². The van der Waals surface area contributed by atoms with Crippen LogP contribution in [0.15, 0.2) is 12.3 Å². The summed E-state index contributed by atoms with van der Waals surface area (Å²) in [5.74, 6) is 0.587. The number of halogens is 1. The third-order valence-electron chi connectivity index (χ3n) is 1.52. The van der Waals surface area contributed by atoms with E-state index in [0.717, 1.165) is 5.56 Å². The minimum absolute atomic E-state index is 0.346. The lowest BCUT2D eigenvalue weighted by atomic mass is 10.2. The van der Waals surface area contributed by atoms with Crippen LogP contribution < -0.4 is 4.74 Å². The fourth-order valence-corrected chi connectivity index (χ4v) is 1.42. The highest BCUT2D eigenvalue weighted by Crippen LogP contribution is 2.23. The lowest BCUT2D eigenvalue weighted by Gasteiger charge is -2.08. The molecule has 0 bridgehead atoms. The Hall–Kier alpha value is -1.08. The first-order chi connectivity index (χ1) is 6.33. The largest absolute Gasteiger partial charge is 0.491 e. The van der Waals surface area contributed by atoms with Gasteiger partial charge in [-0.05, 0) is 13.0 Å². The summed E-state index contributed by atoms with van der Waals surface area (Å²) in [5.41, 5.74) is 1.30. The predicted molar refractivity (Wildman–Crippen MR) is 52.8 cm³/mol. The first kappa shape index (κ1) is 10.0. The van der Waals surface area contributed by atoms with Crippen molar-refractivity contribution in [3.63, 3.8) is 0 Å². The molecule has 0 saturated carbocycles. The Balaban J connectivity index is 3.15. The van der Waals surface area contributed by atoms with Crippen molar-refractivity contribution in [1.29, 1.82) is 5.26 Å². The maximum absolute atomic E-state index is 8.76. The summed E-state index contributed by atoms with van der Waals surface area (Å²) in [4.78, 5) is 3.92. The number of ether oxygens (including phenoxy) is 1. The second-order valence-electron chi connectivity index (χ2n) is 2.33. The molecule has 0 aliphatic heterocycles. The lowest BCUT2D eigenvalue weighted by molar-refractivity contribution is 0.335. The molecule has 1 aromatic heterocycles. The molecule has 13 heavy (non-hydrogen) atoms. The molecule has 0 aromatic carbocycles. The molecule has 0 aliphatic carbocycles. The van der Waals surface area contributed by atoms with Gasteiger partial charge in [-0.2, -0.15) is 5.26 Å². The maximum Gasteiger partial charge on any atom is 0.182 e. The molecule has 3 nitrogen and oxygen atoms in total. The number of rotatable bonds is 3. The molecule has 0 saturated heterocycles. The van der Waals surface area contributed by atoms with E-state index in [9.17, 15) is 0 Å². The van der Waals surface area contributed by atoms with Gasteiger partial charge in [-0.3, -0.25) is 0 Å². The van der Waals surface area contributed by atoms with Crippen molar-refractivity contribution < 1.29 is 4.74 Å². The number of nitrogens with zero attached hydrogens (tertiary/aromatic N) is 2. The molecule has 0 N–H and O–H groups in total. The molecule has 1 rings (SSSR count). The second-order valence-corrected chi connectivity index (χ2v) is 2.89. The van der Waals surface area contributed by atoms with Crippen molar-refractivity contribution in [3.8, 4) is 11.8 Å². The van der Waals surface area contributed by atoms with Crippen LogP contribution in [-0.2, 0) is 5.33 Å². The van der Waals surface area contributed by atoms with E-state index in [2.05, 4.69) is 20.9 Å². The molecule has 4 heteroatoms. The smallest absolute Gasteiger partial charge is 0.182 e. The van der Waals surface area contributed by atoms with Crippen molar-refractivity contribution in [2.45, 2.75) is 12.3 Å². The van der Waals surface area contributed by atoms with Gasteiger partial charge in [-0.1, -0.05) is 15.9 Å². The summed E-state index contributed by atoms with van der Waals surface area (Å²) < 4.78 is 5.33. The zero-order chi connectivity index (χ0) is 9.68. The van der Waals surface area contributed by atoms with Gasteiger partial charge in [0.2, 0.25) is 0 Å². The van der Waals surface area contributed by atoms with Gasteiger partial charge in [-0.15, -0.1) is 0 Å². The van der Waals surface area contributed by atoms with Crippen molar-refractivity contribution in [2.75, 3.05) is 6.61 Å². The van der Waals surface area contributed by atoms with Gasteiger partial charge in [0.05, 0.1) is 6.61 Å². The van der Waals surface area contributed by atoms with Gasteiger partial charge in [0, 0.05) is 17.1 Å². The molecule has 1 heterocycles. The predicted octanol–water partition coefficient (Wildman–Crippen LogP) is 2.25. The van der Waals surface area contributed by atoms with E-state index in [1.165, 1.54) is 0 Å². The van der Waals surface area contributed by atoms with Crippen LogP contribution in [0.2, 0.25) is 0 Å². The van der Waals surface area contributed by atoms with E-state index in [0.29, 0.717) is 23.4 Å². The molecule has 68 valence electrons. The van der Waals surface area contributed by atoms with Crippen molar-refractivity contribution >= 4 is 15.9 Å². The molecular weight excluding hydrogens is 232 g/mol. The van der Waals surface area contributed by atoms with Gasteiger partial charge in [0.1, 0.15) is 6.07 Å². The second kappa shape index (κ2) is 4.83. The summed E-state index contributed by atoms with van der Waals surface area (Å²) >= 11 is 3.32. The van der Waals surface area contributed by atoms with Gasteiger partial charge in [-0.25, -0.2) is 4.98 Å². The highest BCUT2D eigenvalue weighted by atomic mass is 79.9. The average molecular weight is 241 g/mol. The highest BCUT2D eigenvalue weighted by Gasteiger charge is 2.08. The monoisotopic (exact) mass is 240 g/mol. The van der Waals surface area contributed by atoms with E-state index in [1.807, 2.05) is 19.1 Å². The Bertz CT molecular complexity index is 333. The summed E-state index contributed by atoms with van der Waals surface area (Å²) in [6, 6.07) is 3.83. The third kappa shape index (κ3) is 2.19. The van der Waals surface area contributed by atoms with Crippen LogP contribution in [0.25, 0.3) is 0 Å². The first-order valence-electron chi connectivity index (χ1n) is 3.90. The fourth-order valence-electron chi connectivity index (χ4n) is 0.978. The van der Waals surface area contributed by atoms with Crippen LogP contribution in [0.4, 0.5) is 0 Å². The molecule has 0 spiro atoms.